The highest BCUT2D eigenvalue weighted by Gasteiger charge is 2.16. The summed E-state index contributed by atoms with van der Waals surface area (Å²) in [7, 11) is 0. The van der Waals surface area contributed by atoms with Crippen molar-refractivity contribution in [1.82, 2.24) is 9.97 Å². The molecule has 0 bridgehead atoms. The minimum atomic E-state index is 0.236. The Labute approximate surface area is 107 Å². The third kappa shape index (κ3) is 3.40. The molecule has 5 heteroatoms. The van der Waals surface area contributed by atoms with E-state index in [0.29, 0.717) is 17.2 Å². The lowest BCUT2D eigenvalue weighted by Gasteiger charge is -2.24. The fraction of sp³-hybridized carbons (Fsp3) is 0.583. The van der Waals surface area contributed by atoms with Gasteiger partial charge >= 0.3 is 0 Å². The fourth-order valence-corrected chi connectivity index (χ4v) is 1.99. The standard InChI is InChI=1S/C12H18ClN3O/c1-4-6-16(7-5-2)12-10(8-17)11(13)14-9(3)15-12/h8H,4-7H2,1-3H3. The molecule has 0 spiro atoms. The van der Waals surface area contributed by atoms with Crippen molar-refractivity contribution in [2.75, 3.05) is 18.0 Å². The van der Waals surface area contributed by atoms with E-state index in [-0.39, 0.29) is 5.15 Å². The molecule has 1 rings (SSSR count). The number of rotatable bonds is 6. The number of hydrogen-bond donors (Lipinski definition) is 0. The molecule has 0 fully saturated rings. The van der Waals surface area contributed by atoms with Gasteiger partial charge in [-0.1, -0.05) is 25.4 Å². The largest absolute Gasteiger partial charge is 0.356 e. The van der Waals surface area contributed by atoms with Crippen molar-refractivity contribution in [2.45, 2.75) is 33.6 Å². The second-order valence-electron chi connectivity index (χ2n) is 3.90. The van der Waals surface area contributed by atoms with Crippen molar-refractivity contribution in [1.29, 1.82) is 0 Å². The molecule has 94 valence electrons. The minimum Gasteiger partial charge on any atom is -0.356 e. The number of aldehydes is 1. The number of nitrogens with zero attached hydrogens (tertiary/aromatic N) is 3. The fourth-order valence-electron chi connectivity index (χ4n) is 1.74. The van der Waals surface area contributed by atoms with Gasteiger partial charge in [0.15, 0.2) is 6.29 Å². The van der Waals surface area contributed by atoms with Crippen LogP contribution in [0.4, 0.5) is 5.82 Å². The first kappa shape index (κ1) is 13.9. The Bertz CT molecular complexity index is 390. The van der Waals surface area contributed by atoms with Gasteiger partial charge in [-0.3, -0.25) is 4.79 Å². The molecule has 0 unspecified atom stereocenters. The van der Waals surface area contributed by atoms with E-state index in [9.17, 15) is 4.79 Å². The van der Waals surface area contributed by atoms with Crippen molar-refractivity contribution in [3.05, 3.63) is 16.5 Å². The lowest BCUT2D eigenvalue weighted by atomic mass is 10.2. The molecule has 0 atom stereocenters. The zero-order valence-electron chi connectivity index (χ0n) is 10.5. The maximum atomic E-state index is 11.1. The maximum absolute atomic E-state index is 11.1. The first-order valence-corrected chi connectivity index (χ1v) is 6.26. The average Bonchev–Trinajstić information content (AvgIpc) is 2.28. The van der Waals surface area contributed by atoms with Crippen molar-refractivity contribution < 1.29 is 4.79 Å². The van der Waals surface area contributed by atoms with E-state index in [1.807, 2.05) is 0 Å². The van der Waals surface area contributed by atoms with Crippen LogP contribution in [-0.2, 0) is 0 Å². The molecule has 1 aromatic rings. The van der Waals surface area contributed by atoms with Crippen molar-refractivity contribution in [3.8, 4) is 0 Å². The molecule has 1 aromatic heterocycles. The zero-order chi connectivity index (χ0) is 12.8. The molecular weight excluding hydrogens is 238 g/mol. The number of aryl methyl sites for hydroxylation is 1. The molecule has 0 radical (unpaired) electrons. The molecule has 1 heterocycles. The second-order valence-corrected chi connectivity index (χ2v) is 4.26. The van der Waals surface area contributed by atoms with Gasteiger partial charge in [-0.15, -0.1) is 0 Å². The molecule has 0 aliphatic heterocycles. The molecule has 0 aliphatic rings. The number of carbonyl (C=O) groups excluding carboxylic acids is 1. The summed E-state index contributed by atoms with van der Waals surface area (Å²) >= 11 is 5.97. The highest BCUT2D eigenvalue weighted by Crippen LogP contribution is 2.23. The Kier molecular flexibility index (Phi) is 5.35. The van der Waals surface area contributed by atoms with Crippen LogP contribution in [0.1, 0.15) is 42.9 Å². The van der Waals surface area contributed by atoms with Crippen molar-refractivity contribution in [3.63, 3.8) is 0 Å². The van der Waals surface area contributed by atoms with E-state index < -0.39 is 0 Å². The number of halogens is 1. The van der Waals surface area contributed by atoms with E-state index >= 15 is 0 Å². The topological polar surface area (TPSA) is 46.1 Å². The summed E-state index contributed by atoms with van der Waals surface area (Å²) in [4.78, 5) is 21.5. The van der Waals surface area contributed by atoms with Crippen LogP contribution >= 0.6 is 11.6 Å². The van der Waals surface area contributed by atoms with E-state index in [2.05, 4.69) is 28.7 Å². The monoisotopic (exact) mass is 255 g/mol. The van der Waals surface area contributed by atoms with Crippen LogP contribution in [0.15, 0.2) is 0 Å². The van der Waals surface area contributed by atoms with Crippen molar-refractivity contribution >= 4 is 23.7 Å². The van der Waals surface area contributed by atoms with E-state index in [4.69, 9.17) is 11.6 Å². The normalized spacial score (nSPS) is 10.4. The summed E-state index contributed by atoms with van der Waals surface area (Å²) in [6.45, 7) is 7.70. The summed E-state index contributed by atoms with van der Waals surface area (Å²) < 4.78 is 0. The number of carbonyl (C=O) groups is 1. The minimum absolute atomic E-state index is 0.236. The third-order valence-electron chi connectivity index (χ3n) is 2.40. The van der Waals surface area contributed by atoms with Crippen LogP contribution in [-0.4, -0.2) is 29.3 Å². The van der Waals surface area contributed by atoms with Gasteiger partial charge < -0.3 is 4.90 Å². The molecule has 0 aliphatic carbocycles. The number of aromatic nitrogens is 2. The van der Waals surface area contributed by atoms with Crippen LogP contribution in [0, 0.1) is 6.92 Å². The maximum Gasteiger partial charge on any atom is 0.156 e. The number of anilines is 1. The molecular formula is C12H18ClN3O. The molecule has 17 heavy (non-hydrogen) atoms. The first-order chi connectivity index (χ1) is 8.13. The predicted molar refractivity (Wildman–Crippen MR) is 70.0 cm³/mol. The lowest BCUT2D eigenvalue weighted by molar-refractivity contribution is 0.112. The van der Waals surface area contributed by atoms with Crippen LogP contribution in [0.2, 0.25) is 5.15 Å². The first-order valence-electron chi connectivity index (χ1n) is 5.88. The summed E-state index contributed by atoms with van der Waals surface area (Å²) in [5.74, 6) is 1.24. The molecule has 0 saturated heterocycles. The van der Waals surface area contributed by atoms with Crippen LogP contribution in [0.3, 0.4) is 0 Å². The summed E-state index contributed by atoms with van der Waals surface area (Å²) in [6.07, 6.45) is 2.73. The number of hydrogen-bond acceptors (Lipinski definition) is 4. The van der Waals surface area contributed by atoms with Gasteiger partial charge in [0.1, 0.15) is 16.8 Å². The lowest BCUT2D eigenvalue weighted by Crippen LogP contribution is -2.27. The molecule has 0 amide bonds. The summed E-state index contributed by atoms with van der Waals surface area (Å²) in [6, 6.07) is 0. The van der Waals surface area contributed by atoms with Crippen LogP contribution in [0.5, 0.6) is 0 Å². The molecule has 4 nitrogen and oxygen atoms in total. The van der Waals surface area contributed by atoms with Gasteiger partial charge in [0, 0.05) is 13.1 Å². The Morgan fingerprint density at radius 2 is 1.82 bits per heavy atom. The van der Waals surface area contributed by atoms with Gasteiger partial charge in [0.25, 0.3) is 0 Å². The van der Waals surface area contributed by atoms with Crippen LogP contribution in [0.25, 0.3) is 0 Å². The van der Waals surface area contributed by atoms with Gasteiger partial charge in [0.05, 0.1) is 5.56 Å². The summed E-state index contributed by atoms with van der Waals surface area (Å²) in [5, 5.41) is 0.236. The smallest absolute Gasteiger partial charge is 0.156 e. The Morgan fingerprint density at radius 3 is 2.29 bits per heavy atom. The Hall–Kier alpha value is -1.16. The summed E-state index contributed by atoms with van der Waals surface area (Å²) in [5.41, 5.74) is 0.388. The van der Waals surface area contributed by atoms with Crippen molar-refractivity contribution in [2.24, 2.45) is 0 Å². The van der Waals surface area contributed by atoms with Gasteiger partial charge in [0.2, 0.25) is 0 Å². The zero-order valence-corrected chi connectivity index (χ0v) is 11.3. The van der Waals surface area contributed by atoms with Gasteiger partial charge in [-0.05, 0) is 19.8 Å². The third-order valence-corrected chi connectivity index (χ3v) is 2.68. The Morgan fingerprint density at radius 1 is 1.24 bits per heavy atom. The predicted octanol–water partition coefficient (Wildman–Crippen LogP) is 2.88. The van der Waals surface area contributed by atoms with E-state index in [1.165, 1.54) is 0 Å². The Balaban J connectivity index is 3.19. The quantitative estimate of drug-likeness (QED) is 0.579. The SMILES string of the molecule is CCCN(CCC)c1nc(C)nc(Cl)c1C=O. The van der Waals surface area contributed by atoms with E-state index in [0.717, 1.165) is 32.2 Å². The second kappa shape index (κ2) is 6.55. The molecule has 0 aromatic carbocycles. The van der Waals surface area contributed by atoms with Gasteiger partial charge in [-0.25, -0.2) is 9.97 Å². The van der Waals surface area contributed by atoms with Crippen LogP contribution < -0.4 is 4.90 Å². The highest BCUT2D eigenvalue weighted by atomic mass is 35.5. The average molecular weight is 256 g/mol. The molecule has 0 saturated carbocycles. The molecule has 0 N–H and O–H groups in total. The van der Waals surface area contributed by atoms with E-state index in [1.54, 1.807) is 6.92 Å². The highest BCUT2D eigenvalue weighted by molar-refractivity contribution is 6.32. The van der Waals surface area contributed by atoms with Gasteiger partial charge in [-0.2, -0.15) is 0 Å².